The van der Waals surface area contributed by atoms with Crippen molar-refractivity contribution in [2.75, 3.05) is 20.2 Å². The number of piperidine rings is 1. The van der Waals surface area contributed by atoms with Crippen LogP contribution >= 0.6 is 0 Å². The van der Waals surface area contributed by atoms with Gasteiger partial charge in [0, 0.05) is 55.8 Å². The molecule has 3 aromatic rings. The smallest absolute Gasteiger partial charge is 0.131 e. The van der Waals surface area contributed by atoms with E-state index in [1.165, 1.54) is 36.0 Å². The molecular formula is C36H54N2O2Y. The maximum absolute atomic E-state index is 12.1. The maximum Gasteiger partial charge on any atom is 0.131 e. The molecular weight excluding hydrogens is 581 g/mol. The first kappa shape index (κ1) is 35.9. The van der Waals surface area contributed by atoms with E-state index in [9.17, 15) is 5.11 Å². The van der Waals surface area contributed by atoms with Gasteiger partial charge in [0.1, 0.15) is 24.4 Å². The van der Waals surface area contributed by atoms with Crippen LogP contribution in [0.1, 0.15) is 103 Å². The fourth-order valence-electron chi connectivity index (χ4n) is 6.49. The Kier molecular flexibility index (Phi) is 12.2. The summed E-state index contributed by atoms with van der Waals surface area (Å²) < 4.78 is 6.43. The molecule has 4 nitrogen and oxygen atoms in total. The maximum atomic E-state index is 12.1. The minimum atomic E-state index is -0.605. The SMILES string of the molecule is CCC1CCC[N+](Cc2cc(C(C)(C)C)cc(C(C)(C)C)c2)(C(C)C(O)c2ccnc3ccc(OC)cc23)C1.[CH3-].[Y]. The van der Waals surface area contributed by atoms with Crippen molar-refractivity contribution in [1.29, 1.82) is 0 Å². The van der Waals surface area contributed by atoms with Gasteiger partial charge >= 0.3 is 0 Å². The van der Waals surface area contributed by atoms with Gasteiger partial charge in [0.25, 0.3) is 0 Å². The van der Waals surface area contributed by atoms with Crippen LogP contribution in [0.25, 0.3) is 10.9 Å². The van der Waals surface area contributed by atoms with Gasteiger partial charge in [-0.1, -0.05) is 54.5 Å². The molecule has 0 saturated carbocycles. The van der Waals surface area contributed by atoms with E-state index >= 15 is 0 Å². The first-order valence-corrected chi connectivity index (χ1v) is 14.9. The predicted molar refractivity (Wildman–Crippen MR) is 170 cm³/mol. The second-order valence-corrected chi connectivity index (χ2v) is 14.1. The molecule has 4 unspecified atom stereocenters. The zero-order valence-corrected chi connectivity index (χ0v) is 30.3. The van der Waals surface area contributed by atoms with Crippen molar-refractivity contribution >= 4 is 10.9 Å². The summed E-state index contributed by atoms with van der Waals surface area (Å²) in [5, 5.41) is 13.1. The molecule has 1 fully saturated rings. The van der Waals surface area contributed by atoms with Gasteiger partial charge in [0.05, 0.1) is 25.7 Å². The van der Waals surface area contributed by atoms with Gasteiger partial charge in [-0.25, -0.2) is 0 Å². The average molecular weight is 636 g/mol. The third-order valence-corrected chi connectivity index (χ3v) is 9.26. The van der Waals surface area contributed by atoms with Crippen molar-refractivity contribution < 1.29 is 47.0 Å². The number of likely N-dealkylation sites (tertiary alicyclic amines) is 1. The minimum absolute atomic E-state index is 0. The summed E-state index contributed by atoms with van der Waals surface area (Å²) in [5.74, 6) is 1.47. The Bertz CT molecular complexity index is 1260. The summed E-state index contributed by atoms with van der Waals surface area (Å²) in [5.41, 5.74) is 6.18. The number of quaternary nitrogens is 1. The topological polar surface area (TPSA) is 42.4 Å². The summed E-state index contributed by atoms with van der Waals surface area (Å²) in [6, 6.07) is 15.3. The molecule has 0 amide bonds. The Hall–Kier alpha value is -1.33. The van der Waals surface area contributed by atoms with E-state index in [2.05, 4.69) is 78.6 Å². The molecule has 2 heterocycles. The molecule has 223 valence electrons. The summed E-state index contributed by atoms with van der Waals surface area (Å²) in [4.78, 5) is 4.58. The molecule has 1 N–H and O–H groups in total. The monoisotopic (exact) mass is 635 g/mol. The first-order chi connectivity index (χ1) is 18.3. The Morgan fingerprint density at radius 1 is 1.00 bits per heavy atom. The Balaban J connectivity index is 0.00000294. The normalized spacial score (nSPS) is 21.0. The molecule has 1 radical (unpaired) electrons. The number of hydrogen-bond acceptors (Lipinski definition) is 3. The number of methoxy groups -OCH3 is 1. The number of rotatable bonds is 7. The van der Waals surface area contributed by atoms with E-state index < -0.39 is 6.10 Å². The zero-order chi connectivity index (χ0) is 28.6. The molecule has 1 aromatic heterocycles. The van der Waals surface area contributed by atoms with Gasteiger partial charge in [0.15, 0.2) is 0 Å². The van der Waals surface area contributed by atoms with E-state index in [0.29, 0.717) is 5.92 Å². The number of hydrogen-bond donors (Lipinski definition) is 1. The van der Waals surface area contributed by atoms with Gasteiger partial charge in [-0.3, -0.25) is 4.98 Å². The predicted octanol–water partition coefficient (Wildman–Crippen LogP) is 8.55. The van der Waals surface area contributed by atoms with Crippen molar-refractivity contribution in [1.82, 2.24) is 4.98 Å². The summed E-state index contributed by atoms with van der Waals surface area (Å²) in [6.07, 6.45) is 4.90. The van der Waals surface area contributed by atoms with Gasteiger partial charge in [-0.05, 0) is 90.1 Å². The first-order valence-electron chi connectivity index (χ1n) is 14.9. The van der Waals surface area contributed by atoms with Crippen LogP contribution in [0, 0.1) is 13.3 Å². The molecule has 4 atom stereocenters. The molecule has 1 aliphatic rings. The van der Waals surface area contributed by atoms with Gasteiger partial charge in [0.2, 0.25) is 0 Å². The van der Waals surface area contributed by atoms with Crippen molar-refractivity contribution in [2.24, 2.45) is 5.92 Å². The van der Waals surface area contributed by atoms with E-state index in [0.717, 1.165) is 46.3 Å². The molecule has 1 saturated heterocycles. The average Bonchev–Trinajstić information content (AvgIpc) is 2.90. The second kappa shape index (κ2) is 14.0. The largest absolute Gasteiger partial charge is 0.497 e. The van der Waals surface area contributed by atoms with E-state index in [1.807, 2.05) is 30.5 Å². The molecule has 41 heavy (non-hydrogen) atoms. The van der Waals surface area contributed by atoms with E-state index in [4.69, 9.17) is 4.74 Å². The van der Waals surface area contributed by atoms with Crippen LogP contribution in [0.5, 0.6) is 5.75 Å². The van der Waals surface area contributed by atoms with Crippen LogP contribution in [0.4, 0.5) is 0 Å². The van der Waals surface area contributed by atoms with Crippen molar-refractivity contribution in [3.8, 4) is 5.75 Å². The standard InChI is InChI=1S/C35H51N2O2.CH3.Y/c1-10-25-12-11-17-37(22-25,23-26-18-27(34(3,4)5)20-28(19-26)35(6,7)8)24(2)33(38)30-15-16-36-32-14-13-29(39-9)21-31(30)32;;/h13-16,18-21,24-25,33,38H,10-12,17,22-23H2,1-9H3;1H3;/q+1;-1;. The van der Waals surface area contributed by atoms with Gasteiger partial charge < -0.3 is 21.8 Å². The molecule has 0 bridgehead atoms. The van der Waals surface area contributed by atoms with Gasteiger partial charge in [-0.2, -0.15) is 0 Å². The van der Waals surface area contributed by atoms with Gasteiger partial charge in [-0.15, -0.1) is 0 Å². The molecule has 1 aliphatic heterocycles. The van der Waals surface area contributed by atoms with E-state index in [1.54, 1.807) is 7.11 Å². The van der Waals surface area contributed by atoms with Crippen LogP contribution in [0.3, 0.4) is 0 Å². The van der Waals surface area contributed by atoms with Crippen LogP contribution in [-0.4, -0.2) is 40.8 Å². The Morgan fingerprint density at radius 3 is 2.20 bits per heavy atom. The number of aliphatic hydroxyl groups excluding tert-OH is 1. The van der Waals surface area contributed by atoms with Crippen LogP contribution in [-0.2, 0) is 50.1 Å². The number of aromatic nitrogens is 1. The number of fused-ring (bicyclic) bond motifs is 1. The fourth-order valence-corrected chi connectivity index (χ4v) is 6.49. The fraction of sp³-hybridized carbons (Fsp3) is 0.556. The minimum Gasteiger partial charge on any atom is -0.497 e. The second-order valence-electron chi connectivity index (χ2n) is 14.1. The molecule has 0 spiro atoms. The quantitative estimate of drug-likeness (QED) is 0.209. The number of ether oxygens (including phenoxy) is 1. The third-order valence-electron chi connectivity index (χ3n) is 9.26. The summed E-state index contributed by atoms with van der Waals surface area (Å²) in [6.45, 7) is 21.6. The number of benzene rings is 2. The molecule has 2 aromatic carbocycles. The van der Waals surface area contributed by atoms with Crippen LogP contribution in [0.2, 0.25) is 0 Å². The Labute approximate surface area is 275 Å². The third kappa shape index (κ3) is 7.99. The number of pyridine rings is 1. The number of nitrogens with zero attached hydrogens (tertiary/aromatic N) is 2. The van der Waals surface area contributed by atoms with Crippen molar-refractivity contribution in [3.05, 3.63) is 78.3 Å². The van der Waals surface area contributed by atoms with Crippen molar-refractivity contribution in [3.63, 3.8) is 0 Å². The molecule has 5 heteroatoms. The molecule has 0 aliphatic carbocycles. The van der Waals surface area contributed by atoms with Crippen LogP contribution < -0.4 is 4.74 Å². The van der Waals surface area contributed by atoms with Crippen molar-refractivity contribution in [2.45, 2.75) is 104 Å². The zero-order valence-electron chi connectivity index (χ0n) is 27.4. The van der Waals surface area contributed by atoms with Crippen LogP contribution in [0.15, 0.2) is 48.7 Å². The number of aliphatic hydroxyl groups is 1. The van der Waals surface area contributed by atoms with E-state index in [-0.39, 0.29) is 57.0 Å². The summed E-state index contributed by atoms with van der Waals surface area (Å²) >= 11 is 0. The molecule has 4 rings (SSSR count). The summed E-state index contributed by atoms with van der Waals surface area (Å²) in [7, 11) is 1.69. The Morgan fingerprint density at radius 2 is 1.63 bits per heavy atom.